The molecule has 0 unspecified atom stereocenters. The molecule has 0 aliphatic rings. The van der Waals surface area contributed by atoms with E-state index in [4.69, 9.17) is 10.9 Å². The highest BCUT2D eigenvalue weighted by atomic mass is 32.2. The number of nitrogens with two attached hydrogens (primary N) is 1. The molecule has 1 rings (SSSR count). The van der Waals surface area contributed by atoms with Crippen LogP contribution in [0.15, 0.2) is 34.3 Å². The van der Waals surface area contributed by atoms with E-state index < -0.39 is 0 Å². The van der Waals surface area contributed by atoms with E-state index in [-0.39, 0.29) is 0 Å². The minimum Gasteiger partial charge on any atom is -0.409 e. The molecular weight excluding hydrogens is 220 g/mol. The number of oxime groups is 1. The largest absolute Gasteiger partial charge is 0.409 e. The normalized spacial score (nSPS) is 11.7. The van der Waals surface area contributed by atoms with Gasteiger partial charge in [-0.25, -0.2) is 0 Å². The van der Waals surface area contributed by atoms with Crippen LogP contribution in [0.3, 0.4) is 0 Å². The first kappa shape index (κ1) is 12.9. The van der Waals surface area contributed by atoms with Crippen molar-refractivity contribution < 1.29 is 5.21 Å². The van der Waals surface area contributed by atoms with Gasteiger partial charge in [-0.3, -0.25) is 0 Å². The van der Waals surface area contributed by atoms with Crippen molar-refractivity contribution in [3.8, 4) is 0 Å². The lowest BCUT2D eigenvalue weighted by atomic mass is 10.2. The molecule has 0 fully saturated rings. The highest BCUT2D eigenvalue weighted by Gasteiger charge is 1.98. The first-order chi connectivity index (χ1) is 7.74. The van der Waals surface area contributed by atoms with Crippen LogP contribution in [-0.2, 0) is 0 Å². The molecule has 3 N–H and O–H groups in total. The van der Waals surface area contributed by atoms with Crippen LogP contribution in [0.2, 0.25) is 0 Å². The number of nitrogens with zero attached hydrogens (tertiary/aromatic N) is 1. The van der Waals surface area contributed by atoms with Crippen LogP contribution in [0, 0.1) is 6.92 Å². The Labute approximate surface area is 101 Å². The highest BCUT2D eigenvalue weighted by molar-refractivity contribution is 7.99. The van der Waals surface area contributed by atoms with Crippen molar-refractivity contribution in [1.29, 1.82) is 0 Å². The molecule has 0 radical (unpaired) electrons. The summed E-state index contributed by atoms with van der Waals surface area (Å²) >= 11 is 1.86. The number of rotatable bonds is 6. The minimum absolute atomic E-state index is 0.320. The smallest absolute Gasteiger partial charge is 0.139 e. The van der Waals surface area contributed by atoms with Crippen LogP contribution in [0.1, 0.15) is 24.8 Å². The fourth-order valence-corrected chi connectivity index (χ4v) is 2.40. The first-order valence-corrected chi connectivity index (χ1v) is 6.37. The van der Waals surface area contributed by atoms with Crippen molar-refractivity contribution in [2.45, 2.75) is 31.1 Å². The Morgan fingerprint density at radius 1 is 1.38 bits per heavy atom. The lowest BCUT2D eigenvalue weighted by Gasteiger charge is -2.04. The molecule has 16 heavy (non-hydrogen) atoms. The van der Waals surface area contributed by atoms with E-state index in [1.165, 1.54) is 10.5 Å². The molecule has 0 amide bonds. The van der Waals surface area contributed by atoms with Crippen molar-refractivity contribution in [3.63, 3.8) is 0 Å². The van der Waals surface area contributed by atoms with E-state index in [0.717, 1.165) is 18.6 Å². The maximum Gasteiger partial charge on any atom is 0.139 e. The monoisotopic (exact) mass is 238 g/mol. The first-order valence-electron chi connectivity index (χ1n) is 5.39. The lowest BCUT2D eigenvalue weighted by molar-refractivity contribution is 0.316. The SMILES string of the molecule is Cc1ccccc1SCCCC/C(N)=N/O. The van der Waals surface area contributed by atoms with Gasteiger partial charge in [-0.1, -0.05) is 23.4 Å². The highest BCUT2D eigenvalue weighted by Crippen LogP contribution is 2.22. The summed E-state index contributed by atoms with van der Waals surface area (Å²) in [6.07, 6.45) is 2.72. The zero-order valence-electron chi connectivity index (χ0n) is 9.52. The fourth-order valence-electron chi connectivity index (χ4n) is 1.36. The number of thioether (sulfide) groups is 1. The van der Waals surface area contributed by atoms with Crippen molar-refractivity contribution in [2.24, 2.45) is 10.9 Å². The number of hydrogen-bond acceptors (Lipinski definition) is 3. The van der Waals surface area contributed by atoms with Gasteiger partial charge in [-0.15, -0.1) is 11.8 Å². The van der Waals surface area contributed by atoms with Gasteiger partial charge in [0.2, 0.25) is 0 Å². The Kier molecular flexibility index (Phi) is 5.78. The summed E-state index contributed by atoms with van der Waals surface area (Å²) in [7, 11) is 0. The van der Waals surface area contributed by atoms with Gasteiger partial charge in [0, 0.05) is 11.3 Å². The molecule has 0 heterocycles. The predicted octanol–water partition coefficient (Wildman–Crippen LogP) is 3.00. The standard InChI is InChI=1S/C12H18N2OS/c1-10-6-2-3-7-11(10)16-9-5-4-8-12(13)14-15/h2-3,6-7,15H,4-5,8-9H2,1H3,(H2,13,14). The Balaban J connectivity index is 2.19. The average Bonchev–Trinajstić information content (AvgIpc) is 2.30. The Hall–Kier alpha value is -1.16. The molecule has 4 heteroatoms. The third-order valence-electron chi connectivity index (χ3n) is 2.31. The van der Waals surface area contributed by atoms with Crippen LogP contribution in [0.25, 0.3) is 0 Å². The summed E-state index contributed by atoms with van der Waals surface area (Å²) in [5, 5.41) is 11.3. The molecule has 0 bridgehead atoms. The molecule has 0 atom stereocenters. The lowest BCUT2D eigenvalue weighted by Crippen LogP contribution is -2.10. The van der Waals surface area contributed by atoms with E-state index in [2.05, 4.69) is 36.3 Å². The summed E-state index contributed by atoms with van der Waals surface area (Å²) in [5.41, 5.74) is 6.71. The maximum atomic E-state index is 8.36. The van der Waals surface area contributed by atoms with Crippen LogP contribution in [0.4, 0.5) is 0 Å². The summed E-state index contributed by atoms with van der Waals surface area (Å²) in [6, 6.07) is 8.38. The molecular formula is C12H18N2OS. The van der Waals surface area contributed by atoms with Gasteiger partial charge in [0.25, 0.3) is 0 Å². The molecule has 88 valence electrons. The average molecular weight is 238 g/mol. The summed E-state index contributed by atoms with van der Waals surface area (Å²) in [4.78, 5) is 1.34. The summed E-state index contributed by atoms with van der Waals surface area (Å²) in [6.45, 7) is 2.12. The second kappa shape index (κ2) is 7.17. The van der Waals surface area contributed by atoms with Crippen LogP contribution < -0.4 is 5.73 Å². The van der Waals surface area contributed by atoms with Crippen molar-refractivity contribution >= 4 is 17.6 Å². The molecule has 0 saturated carbocycles. The molecule has 3 nitrogen and oxygen atoms in total. The second-order valence-electron chi connectivity index (χ2n) is 3.66. The minimum atomic E-state index is 0.320. The summed E-state index contributed by atoms with van der Waals surface area (Å²) < 4.78 is 0. The number of benzene rings is 1. The molecule has 1 aromatic rings. The quantitative estimate of drug-likeness (QED) is 0.200. The summed E-state index contributed by atoms with van der Waals surface area (Å²) in [5.74, 6) is 1.39. The Morgan fingerprint density at radius 2 is 2.12 bits per heavy atom. The third kappa shape index (κ3) is 4.57. The molecule has 0 spiro atoms. The Bertz CT molecular complexity index is 353. The van der Waals surface area contributed by atoms with Crippen LogP contribution in [-0.4, -0.2) is 16.8 Å². The zero-order chi connectivity index (χ0) is 11.8. The van der Waals surface area contributed by atoms with Gasteiger partial charge in [-0.2, -0.15) is 0 Å². The Morgan fingerprint density at radius 3 is 2.81 bits per heavy atom. The number of unbranched alkanes of at least 4 members (excludes halogenated alkanes) is 1. The maximum absolute atomic E-state index is 8.36. The van der Waals surface area contributed by atoms with E-state index in [1.54, 1.807) is 0 Å². The van der Waals surface area contributed by atoms with Crippen LogP contribution >= 0.6 is 11.8 Å². The number of hydrogen-bond donors (Lipinski definition) is 2. The molecule has 1 aromatic carbocycles. The van der Waals surface area contributed by atoms with E-state index >= 15 is 0 Å². The van der Waals surface area contributed by atoms with Gasteiger partial charge in [0.15, 0.2) is 0 Å². The van der Waals surface area contributed by atoms with Crippen molar-refractivity contribution in [3.05, 3.63) is 29.8 Å². The fraction of sp³-hybridized carbons (Fsp3) is 0.417. The van der Waals surface area contributed by atoms with Gasteiger partial charge in [-0.05, 0) is 37.1 Å². The third-order valence-corrected chi connectivity index (χ3v) is 3.57. The van der Waals surface area contributed by atoms with E-state index in [1.807, 2.05) is 11.8 Å². The topological polar surface area (TPSA) is 58.6 Å². The number of amidine groups is 1. The van der Waals surface area contributed by atoms with Crippen molar-refractivity contribution in [2.75, 3.05) is 5.75 Å². The van der Waals surface area contributed by atoms with Crippen LogP contribution in [0.5, 0.6) is 0 Å². The molecule has 0 aliphatic carbocycles. The van der Waals surface area contributed by atoms with Gasteiger partial charge >= 0.3 is 0 Å². The van der Waals surface area contributed by atoms with Gasteiger partial charge in [0.05, 0.1) is 0 Å². The number of aryl methyl sites for hydroxylation is 1. The van der Waals surface area contributed by atoms with E-state index in [0.29, 0.717) is 12.3 Å². The van der Waals surface area contributed by atoms with Crippen molar-refractivity contribution in [1.82, 2.24) is 0 Å². The predicted molar refractivity (Wildman–Crippen MR) is 69.2 cm³/mol. The molecule has 0 aromatic heterocycles. The van der Waals surface area contributed by atoms with Gasteiger partial charge in [0.1, 0.15) is 5.84 Å². The second-order valence-corrected chi connectivity index (χ2v) is 4.80. The zero-order valence-corrected chi connectivity index (χ0v) is 10.3. The van der Waals surface area contributed by atoms with E-state index in [9.17, 15) is 0 Å². The molecule has 0 saturated heterocycles. The molecule has 0 aliphatic heterocycles. The van der Waals surface area contributed by atoms with Gasteiger partial charge < -0.3 is 10.9 Å².